The van der Waals surface area contributed by atoms with Crippen LogP contribution in [0.2, 0.25) is 0 Å². The fourth-order valence-corrected chi connectivity index (χ4v) is 1.93. The lowest BCUT2D eigenvalue weighted by molar-refractivity contribution is -0.121. The van der Waals surface area contributed by atoms with Crippen molar-refractivity contribution in [2.45, 2.75) is 13.3 Å². The maximum atomic E-state index is 11.2. The number of nitrogens with one attached hydrogen (secondary N) is 2. The zero-order valence-electron chi connectivity index (χ0n) is 10.9. The molecule has 1 unspecified atom stereocenters. The van der Waals surface area contributed by atoms with Crippen molar-refractivity contribution in [3.8, 4) is 6.19 Å². The van der Waals surface area contributed by atoms with E-state index in [0.717, 1.165) is 11.3 Å². The van der Waals surface area contributed by atoms with Crippen LogP contribution in [-0.4, -0.2) is 17.6 Å². The first-order valence-electron chi connectivity index (χ1n) is 6.06. The van der Waals surface area contributed by atoms with E-state index in [2.05, 4.69) is 20.8 Å². The predicted molar refractivity (Wildman–Crippen MR) is 74.9 cm³/mol. The summed E-state index contributed by atoms with van der Waals surface area (Å²) in [5, 5.41) is 14.7. The molecule has 1 aliphatic heterocycles. The molecular weight excluding hydrogens is 256 g/mol. The van der Waals surface area contributed by atoms with Gasteiger partial charge >= 0.3 is 0 Å². The molecule has 0 bridgehead atoms. The van der Waals surface area contributed by atoms with Gasteiger partial charge in [0.05, 0.1) is 11.4 Å². The molecular formula is C13H14N6O. The van der Waals surface area contributed by atoms with Gasteiger partial charge in [-0.1, -0.05) is 19.1 Å². The van der Waals surface area contributed by atoms with Gasteiger partial charge in [-0.25, -0.2) is 10.4 Å². The number of guanidine groups is 1. The number of amides is 1. The van der Waals surface area contributed by atoms with Crippen LogP contribution in [0.15, 0.2) is 34.4 Å². The molecule has 2 rings (SSSR count). The van der Waals surface area contributed by atoms with Gasteiger partial charge in [-0.15, -0.1) is 0 Å². The van der Waals surface area contributed by atoms with Crippen LogP contribution in [0.1, 0.15) is 18.9 Å². The highest BCUT2D eigenvalue weighted by molar-refractivity contribution is 6.05. The maximum absolute atomic E-state index is 11.2. The molecule has 7 nitrogen and oxygen atoms in total. The topological polar surface area (TPSA) is 116 Å². The first-order valence-corrected chi connectivity index (χ1v) is 6.06. The molecule has 0 radical (unpaired) electrons. The van der Waals surface area contributed by atoms with E-state index in [0.29, 0.717) is 12.1 Å². The van der Waals surface area contributed by atoms with Crippen LogP contribution in [0.4, 0.5) is 5.69 Å². The fraction of sp³-hybridized carbons (Fsp3) is 0.231. The number of nitrogens with two attached hydrogens (primary N) is 1. The van der Waals surface area contributed by atoms with Crippen molar-refractivity contribution in [3.05, 3.63) is 29.8 Å². The van der Waals surface area contributed by atoms with E-state index in [-0.39, 0.29) is 17.8 Å². The number of hydrogen-bond donors (Lipinski definition) is 3. The van der Waals surface area contributed by atoms with Gasteiger partial charge in [-0.05, 0) is 17.7 Å². The molecule has 7 heteroatoms. The first kappa shape index (κ1) is 13.5. The Morgan fingerprint density at radius 3 is 2.85 bits per heavy atom. The van der Waals surface area contributed by atoms with Gasteiger partial charge in [-0.3, -0.25) is 10.1 Å². The third-order valence-corrected chi connectivity index (χ3v) is 2.86. The van der Waals surface area contributed by atoms with Gasteiger partial charge in [0, 0.05) is 12.3 Å². The number of nitrogens with zero attached hydrogens (tertiary/aromatic N) is 3. The minimum Gasteiger partial charge on any atom is -0.369 e. The third kappa shape index (κ3) is 3.11. The predicted octanol–water partition coefficient (Wildman–Crippen LogP) is 0.564. The Bertz CT molecular complexity index is 611. The summed E-state index contributed by atoms with van der Waals surface area (Å²) in [6.07, 6.45) is 2.12. The summed E-state index contributed by atoms with van der Waals surface area (Å²) < 4.78 is 0. The number of hydrazone groups is 1. The van der Waals surface area contributed by atoms with Crippen molar-refractivity contribution >= 4 is 23.3 Å². The van der Waals surface area contributed by atoms with Crippen molar-refractivity contribution in [1.82, 2.24) is 10.7 Å². The molecule has 0 saturated heterocycles. The van der Waals surface area contributed by atoms with Gasteiger partial charge in [0.1, 0.15) is 0 Å². The number of aliphatic imine (C=N–C) groups is 1. The zero-order chi connectivity index (χ0) is 14.5. The summed E-state index contributed by atoms with van der Waals surface area (Å²) in [6.45, 7) is 1.96. The summed E-state index contributed by atoms with van der Waals surface area (Å²) in [5.41, 5.74) is 10.3. The summed E-state index contributed by atoms with van der Waals surface area (Å²) in [7, 11) is 0. The minimum absolute atomic E-state index is 0.0379. The van der Waals surface area contributed by atoms with E-state index in [1.165, 1.54) is 0 Å². The van der Waals surface area contributed by atoms with Crippen molar-refractivity contribution < 1.29 is 4.79 Å². The largest absolute Gasteiger partial charge is 0.369 e. The molecule has 1 amide bonds. The van der Waals surface area contributed by atoms with Crippen LogP contribution in [0.3, 0.4) is 0 Å². The van der Waals surface area contributed by atoms with E-state index in [4.69, 9.17) is 11.0 Å². The number of nitriles is 1. The minimum atomic E-state index is -0.0715. The quantitative estimate of drug-likeness (QED) is 0.315. The second kappa shape index (κ2) is 5.84. The molecule has 1 aromatic carbocycles. The monoisotopic (exact) mass is 270 g/mol. The lowest BCUT2D eigenvalue weighted by Gasteiger charge is -2.19. The number of hydrogen-bond acceptors (Lipinski definition) is 4. The molecule has 0 spiro atoms. The normalized spacial score (nSPS) is 18.8. The Hall–Kier alpha value is -2.88. The van der Waals surface area contributed by atoms with E-state index >= 15 is 0 Å². The Labute approximate surface area is 116 Å². The summed E-state index contributed by atoms with van der Waals surface area (Å²) in [5.74, 6) is 0.0390. The zero-order valence-corrected chi connectivity index (χ0v) is 10.9. The Kier molecular flexibility index (Phi) is 3.96. The smallest absolute Gasteiger partial charge is 0.240 e. The SMILES string of the molecule is CC1CC(=O)NN=C1c1ccc(N=C(N)NC#N)cc1. The Morgan fingerprint density at radius 1 is 1.55 bits per heavy atom. The van der Waals surface area contributed by atoms with E-state index in [1.54, 1.807) is 18.3 Å². The van der Waals surface area contributed by atoms with Gasteiger partial charge in [0.2, 0.25) is 11.9 Å². The summed E-state index contributed by atoms with van der Waals surface area (Å²) >= 11 is 0. The highest BCUT2D eigenvalue weighted by Gasteiger charge is 2.21. The van der Waals surface area contributed by atoms with E-state index in [9.17, 15) is 4.79 Å². The van der Waals surface area contributed by atoms with Crippen molar-refractivity contribution in [1.29, 1.82) is 5.26 Å². The van der Waals surface area contributed by atoms with Gasteiger partial charge in [0.15, 0.2) is 6.19 Å². The molecule has 4 N–H and O–H groups in total. The summed E-state index contributed by atoms with van der Waals surface area (Å²) in [6, 6.07) is 7.25. The second-order valence-electron chi connectivity index (χ2n) is 4.42. The van der Waals surface area contributed by atoms with Crippen molar-refractivity contribution in [2.75, 3.05) is 0 Å². The van der Waals surface area contributed by atoms with Crippen LogP contribution >= 0.6 is 0 Å². The van der Waals surface area contributed by atoms with Crippen LogP contribution in [0.25, 0.3) is 0 Å². The standard InChI is InChI=1S/C13H14N6O/c1-8-6-11(20)18-19-12(8)9-2-4-10(5-3-9)17-13(15)16-7-14/h2-5,8H,6H2,1H3,(H,18,20)(H3,15,16,17). The van der Waals surface area contributed by atoms with Crippen LogP contribution in [0, 0.1) is 17.4 Å². The lowest BCUT2D eigenvalue weighted by atomic mass is 9.94. The van der Waals surface area contributed by atoms with Crippen LogP contribution in [0.5, 0.6) is 0 Å². The van der Waals surface area contributed by atoms with Gasteiger partial charge < -0.3 is 5.73 Å². The second-order valence-corrected chi connectivity index (χ2v) is 4.42. The molecule has 20 heavy (non-hydrogen) atoms. The molecule has 0 fully saturated rings. The van der Waals surface area contributed by atoms with Crippen LogP contribution < -0.4 is 16.5 Å². The Morgan fingerprint density at radius 2 is 2.25 bits per heavy atom. The molecule has 0 saturated carbocycles. The molecule has 1 aliphatic rings. The molecule has 102 valence electrons. The van der Waals surface area contributed by atoms with Crippen molar-refractivity contribution in [2.24, 2.45) is 21.7 Å². The Balaban J connectivity index is 2.19. The highest BCUT2D eigenvalue weighted by Crippen LogP contribution is 2.19. The molecule has 1 heterocycles. The lowest BCUT2D eigenvalue weighted by Crippen LogP contribution is -2.31. The number of carbonyl (C=O) groups is 1. The fourth-order valence-electron chi connectivity index (χ4n) is 1.93. The maximum Gasteiger partial charge on any atom is 0.240 e. The number of carbonyl (C=O) groups excluding carboxylic acids is 1. The molecule has 1 atom stereocenters. The first-order chi connectivity index (χ1) is 9.60. The summed E-state index contributed by atoms with van der Waals surface area (Å²) in [4.78, 5) is 15.2. The number of benzene rings is 1. The molecule has 1 aromatic rings. The van der Waals surface area contributed by atoms with E-state index in [1.807, 2.05) is 19.1 Å². The van der Waals surface area contributed by atoms with E-state index < -0.39 is 0 Å². The van der Waals surface area contributed by atoms with Gasteiger partial charge in [-0.2, -0.15) is 10.4 Å². The third-order valence-electron chi connectivity index (χ3n) is 2.86. The average Bonchev–Trinajstić information content (AvgIpc) is 2.40. The highest BCUT2D eigenvalue weighted by atomic mass is 16.2. The van der Waals surface area contributed by atoms with Crippen molar-refractivity contribution in [3.63, 3.8) is 0 Å². The van der Waals surface area contributed by atoms with Gasteiger partial charge in [0.25, 0.3) is 0 Å². The van der Waals surface area contributed by atoms with Crippen LogP contribution in [-0.2, 0) is 4.79 Å². The molecule has 0 aliphatic carbocycles. The number of rotatable bonds is 2. The average molecular weight is 270 g/mol. The molecule has 0 aromatic heterocycles.